The monoisotopic (exact) mass is 426 g/mol. The molecule has 0 aromatic heterocycles. The molecule has 0 amide bonds. The first kappa shape index (κ1) is 21.5. The van der Waals surface area contributed by atoms with Gasteiger partial charge in [-0.3, -0.25) is 19.2 Å². The van der Waals surface area contributed by atoms with Gasteiger partial charge in [0.05, 0.1) is 24.0 Å². The quantitative estimate of drug-likeness (QED) is 0.274. The summed E-state index contributed by atoms with van der Waals surface area (Å²) >= 11 is 1.44. The molecule has 0 aliphatic heterocycles. The molecule has 2 aromatic rings. The van der Waals surface area contributed by atoms with Gasteiger partial charge in [-0.25, -0.2) is 8.42 Å². The van der Waals surface area contributed by atoms with Gasteiger partial charge >= 0.3 is 5.97 Å². The number of rotatable bonds is 8. The molecular weight excluding hydrogens is 408 g/mol. The number of methoxy groups -OCH3 is 2. The van der Waals surface area contributed by atoms with Crippen LogP contribution in [0.25, 0.3) is 0 Å². The van der Waals surface area contributed by atoms with Crippen LogP contribution in [0.1, 0.15) is 0 Å². The molecular formula is C17H18N2O7S2. The van der Waals surface area contributed by atoms with Gasteiger partial charge in [0.2, 0.25) is 0 Å². The average molecular weight is 426 g/mol. The van der Waals surface area contributed by atoms with Gasteiger partial charge in [0.15, 0.2) is 0 Å². The number of nitro benzene ring substituents is 1. The third kappa shape index (κ3) is 4.54. The Kier molecular flexibility index (Phi) is 6.86. The van der Waals surface area contributed by atoms with Crippen molar-refractivity contribution < 1.29 is 27.6 Å². The molecule has 0 unspecified atom stereocenters. The van der Waals surface area contributed by atoms with Gasteiger partial charge in [-0.15, -0.1) is 11.8 Å². The van der Waals surface area contributed by atoms with Crippen LogP contribution < -0.4 is 9.04 Å². The zero-order valence-electron chi connectivity index (χ0n) is 15.3. The van der Waals surface area contributed by atoms with Crippen molar-refractivity contribution in [3.8, 4) is 5.75 Å². The average Bonchev–Trinajstić information content (AvgIpc) is 2.71. The van der Waals surface area contributed by atoms with Crippen molar-refractivity contribution in [3.05, 3.63) is 52.6 Å². The maximum Gasteiger partial charge on any atom is 0.326 e. The molecule has 28 heavy (non-hydrogen) atoms. The predicted molar refractivity (Wildman–Crippen MR) is 104 cm³/mol. The summed E-state index contributed by atoms with van der Waals surface area (Å²) in [6.07, 6.45) is 1.85. The summed E-state index contributed by atoms with van der Waals surface area (Å²) in [5.74, 6) is -0.781. The Hall–Kier alpha value is -2.79. The number of thioether (sulfide) groups is 1. The van der Waals surface area contributed by atoms with Crippen molar-refractivity contribution in [2.75, 3.05) is 31.3 Å². The fourth-order valence-corrected chi connectivity index (χ4v) is 4.16. The summed E-state index contributed by atoms with van der Waals surface area (Å²) in [4.78, 5) is 23.1. The largest absolute Gasteiger partial charge is 0.495 e. The molecule has 0 radical (unpaired) electrons. The molecule has 0 saturated heterocycles. The van der Waals surface area contributed by atoms with E-state index in [9.17, 15) is 23.3 Å². The van der Waals surface area contributed by atoms with Gasteiger partial charge in [0.25, 0.3) is 15.7 Å². The first-order valence-corrected chi connectivity index (χ1v) is 10.5. The van der Waals surface area contributed by atoms with Gasteiger partial charge in [0.1, 0.15) is 18.0 Å². The van der Waals surface area contributed by atoms with Crippen LogP contribution in [0, 0.1) is 10.1 Å². The molecule has 0 heterocycles. The van der Waals surface area contributed by atoms with Crippen LogP contribution in [0.15, 0.2) is 52.3 Å². The number of carbonyl (C=O) groups is 1. The fraction of sp³-hybridized carbons (Fsp3) is 0.235. The molecule has 2 rings (SSSR count). The van der Waals surface area contributed by atoms with Crippen LogP contribution in [-0.4, -0.2) is 46.3 Å². The first-order valence-electron chi connectivity index (χ1n) is 7.80. The number of anilines is 1. The van der Waals surface area contributed by atoms with E-state index in [1.54, 1.807) is 12.1 Å². The zero-order chi connectivity index (χ0) is 20.9. The van der Waals surface area contributed by atoms with Crippen LogP contribution in [0.3, 0.4) is 0 Å². The summed E-state index contributed by atoms with van der Waals surface area (Å²) in [7, 11) is -1.83. The van der Waals surface area contributed by atoms with Crippen LogP contribution in [-0.2, 0) is 19.6 Å². The van der Waals surface area contributed by atoms with Crippen molar-refractivity contribution in [2.45, 2.75) is 9.79 Å². The van der Waals surface area contributed by atoms with E-state index >= 15 is 0 Å². The fourth-order valence-electron chi connectivity index (χ4n) is 2.34. The van der Waals surface area contributed by atoms with Gasteiger partial charge in [0, 0.05) is 17.0 Å². The topological polar surface area (TPSA) is 116 Å². The molecule has 0 N–H and O–H groups in total. The van der Waals surface area contributed by atoms with E-state index in [4.69, 9.17) is 4.74 Å². The maximum atomic E-state index is 13.2. The van der Waals surface area contributed by atoms with E-state index in [1.165, 1.54) is 43.1 Å². The number of carbonyl (C=O) groups excluding carboxylic acids is 1. The molecule has 150 valence electrons. The Bertz CT molecular complexity index is 976. The van der Waals surface area contributed by atoms with E-state index in [2.05, 4.69) is 4.74 Å². The summed E-state index contributed by atoms with van der Waals surface area (Å²) < 4.78 is 36.9. The minimum Gasteiger partial charge on any atom is -0.495 e. The Morgan fingerprint density at radius 3 is 2.32 bits per heavy atom. The molecule has 0 aliphatic rings. The number of benzene rings is 2. The minimum absolute atomic E-state index is 0.0545. The lowest BCUT2D eigenvalue weighted by Crippen LogP contribution is -2.36. The van der Waals surface area contributed by atoms with E-state index in [1.807, 2.05) is 6.26 Å². The van der Waals surface area contributed by atoms with E-state index in [0.29, 0.717) is 0 Å². The standard InChI is InChI=1S/C17H18N2O7S2/c1-25-16-9-4-12(19(21)22)10-15(16)18(11-17(20)26-2)28(23,24)14-7-5-13(27-3)6-8-14/h4-10H,11H2,1-3H3. The Morgan fingerprint density at radius 1 is 1.18 bits per heavy atom. The number of hydrogen-bond donors (Lipinski definition) is 0. The molecule has 0 saturated carbocycles. The third-order valence-electron chi connectivity index (χ3n) is 3.79. The zero-order valence-corrected chi connectivity index (χ0v) is 17.0. The molecule has 0 spiro atoms. The van der Waals surface area contributed by atoms with Crippen molar-refractivity contribution in [3.63, 3.8) is 0 Å². The number of non-ortho nitro benzene ring substituents is 1. The highest BCUT2D eigenvalue weighted by Gasteiger charge is 2.31. The molecule has 0 fully saturated rings. The summed E-state index contributed by atoms with van der Waals surface area (Å²) in [6.45, 7) is -0.680. The highest BCUT2D eigenvalue weighted by molar-refractivity contribution is 7.98. The number of hydrogen-bond acceptors (Lipinski definition) is 8. The van der Waals surface area contributed by atoms with Crippen LogP contribution in [0.2, 0.25) is 0 Å². The lowest BCUT2D eigenvalue weighted by atomic mass is 10.2. The molecule has 9 nitrogen and oxygen atoms in total. The van der Waals surface area contributed by atoms with Gasteiger partial charge in [-0.2, -0.15) is 0 Å². The molecule has 0 aliphatic carbocycles. The van der Waals surface area contributed by atoms with Gasteiger partial charge in [-0.05, 0) is 36.6 Å². The summed E-state index contributed by atoms with van der Waals surface area (Å²) in [5, 5.41) is 11.1. The van der Waals surface area contributed by atoms with Crippen LogP contribution in [0.5, 0.6) is 5.75 Å². The van der Waals surface area contributed by atoms with Crippen molar-refractivity contribution in [1.82, 2.24) is 0 Å². The number of sulfonamides is 1. The predicted octanol–water partition coefficient (Wildman–Crippen LogP) is 2.69. The van der Waals surface area contributed by atoms with Crippen molar-refractivity contribution >= 4 is 39.1 Å². The molecule has 0 atom stereocenters. The SMILES string of the molecule is COC(=O)CN(c1cc([N+](=O)[O-])ccc1OC)S(=O)(=O)c1ccc(SC)cc1. The first-order chi connectivity index (χ1) is 13.2. The summed E-state index contributed by atoms with van der Waals surface area (Å²) in [6, 6.07) is 9.53. The number of nitrogens with zero attached hydrogens (tertiary/aromatic N) is 2. The summed E-state index contributed by atoms with van der Waals surface area (Å²) in [5.41, 5.74) is -0.491. The second-order valence-electron chi connectivity index (χ2n) is 5.38. The lowest BCUT2D eigenvalue weighted by Gasteiger charge is -2.25. The van der Waals surface area contributed by atoms with E-state index in [-0.39, 0.29) is 22.0 Å². The van der Waals surface area contributed by atoms with Crippen molar-refractivity contribution in [1.29, 1.82) is 0 Å². The number of nitro groups is 1. The number of ether oxygens (including phenoxy) is 2. The second kappa shape index (κ2) is 8.93. The van der Waals surface area contributed by atoms with E-state index < -0.39 is 27.5 Å². The lowest BCUT2D eigenvalue weighted by molar-refractivity contribution is -0.384. The number of esters is 1. The second-order valence-corrected chi connectivity index (χ2v) is 8.12. The highest BCUT2D eigenvalue weighted by Crippen LogP contribution is 2.35. The molecule has 0 bridgehead atoms. The third-order valence-corrected chi connectivity index (χ3v) is 6.31. The Balaban J connectivity index is 2.66. The van der Waals surface area contributed by atoms with Gasteiger partial charge in [-0.1, -0.05) is 0 Å². The normalized spacial score (nSPS) is 11.0. The molecule has 2 aromatic carbocycles. The highest BCUT2D eigenvalue weighted by atomic mass is 32.2. The van der Waals surface area contributed by atoms with Crippen LogP contribution in [0.4, 0.5) is 11.4 Å². The van der Waals surface area contributed by atoms with Crippen LogP contribution >= 0.6 is 11.8 Å². The van der Waals surface area contributed by atoms with Gasteiger partial charge < -0.3 is 9.47 Å². The van der Waals surface area contributed by atoms with Crippen molar-refractivity contribution in [2.24, 2.45) is 0 Å². The maximum absolute atomic E-state index is 13.2. The minimum atomic E-state index is -4.24. The smallest absolute Gasteiger partial charge is 0.326 e. The molecule has 11 heteroatoms. The Morgan fingerprint density at radius 2 is 1.82 bits per heavy atom. The Labute approximate surface area is 166 Å². The van der Waals surface area contributed by atoms with E-state index in [0.717, 1.165) is 22.4 Å².